The summed E-state index contributed by atoms with van der Waals surface area (Å²) in [6.45, 7) is 2.83. The smallest absolute Gasteiger partial charge is 0.407 e. The number of hydrogen-bond acceptors (Lipinski definition) is 3. The van der Waals surface area contributed by atoms with Gasteiger partial charge in [0.15, 0.2) is 0 Å². The zero-order valence-electron chi connectivity index (χ0n) is 17.3. The molecule has 0 heterocycles. The van der Waals surface area contributed by atoms with E-state index in [2.05, 4.69) is 29.6 Å². The van der Waals surface area contributed by atoms with Crippen molar-refractivity contribution in [3.05, 3.63) is 95.3 Å². The summed E-state index contributed by atoms with van der Waals surface area (Å²) in [6.07, 6.45) is 2.80. The van der Waals surface area contributed by atoms with Crippen LogP contribution in [0.1, 0.15) is 29.5 Å². The third kappa shape index (κ3) is 4.61. The zero-order valence-corrected chi connectivity index (χ0v) is 17.3. The van der Waals surface area contributed by atoms with E-state index in [4.69, 9.17) is 9.47 Å². The van der Waals surface area contributed by atoms with Crippen LogP contribution in [0.15, 0.2) is 72.8 Å². The molecule has 4 nitrogen and oxygen atoms in total. The number of halogens is 1. The van der Waals surface area contributed by atoms with Crippen LogP contribution in [-0.2, 0) is 4.74 Å². The molecule has 0 unspecified atom stereocenters. The molecule has 3 aromatic rings. The molecule has 0 atom stereocenters. The Morgan fingerprint density at radius 1 is 1.03 bits per heavy atom. The molecular formula is C26H24FNO3. The summed E-state index contributed by atoms with van der Waals surface area (Å²) < 4.78 is 24.8. The molecule has 0 spiro atoms. The second-order valence-electron chi connectivity index (χ2n) is 7.23. The highest BCUT2D eigenvalue weighted by Gasteiger charge is 2.28. The van der Waals surface area contributed by atoms with Crippen molar-refractivity contribution in [2.75, 3.05) is 19.8 Å². The average molecular weight is 417 g/mol. The van der Waals surface area contributed by atoms with Gasteiger partial charge in [-0.15, -0.1) is 0 Å². The number of hydrogen-bond donors (Lipinski definition) is 1. The number of nitrogens with one attached hydrogen (secondary N) is 1. The summed E-state index contributed by atoms with van der Waals surface area (Å²) in [5, 5.41) is 2.68. The van der Waals surface area contributed by atoms with Crippen LogP contribution in [0.5, 0.6) is 5.75 Å². The van der Waals surface area contributed by atoms with Crippen LogP contribution in [0.4, 0.5) is 9.18 Å². The van der Waals surface area contributed by atoms with Crippen LogP contribution in [0.25, 0.3) is 17.2 Å². The van der Waals surface area contributed by atoms with Gasteiger partial charge in [0.05, 0.1) is 6.61 Å². The van der Waals surface area contributed by atoms with E-state index >= 15 is 0 Å². The summed E-state index contributed by atoms with van der Waals surface area (Å²) >= 11 is 0. The van der Waals surface area contributed by atoms with Crippen molar-refractivity contribution in [2.24, 2.45) is 0 Å². The van der Waals surface area contributed by atoms with Crippen molar-refractivity contribution < 1.29 is 18.7 Å². The van der Waals surface area contributed by atoms with Crippen molar-refractivity contribution in [1.29, 1.82) is 0 Å². The van der Waals surface area contributed by atoms with Crippen molar-refractivity contribution in [1.82, 2.24) is 5.32 Å². The number of ether oxygens (including phenoxy) is 2. The maximum Gasteiger partial charge on any atom is 0.407 e. The Hall–Kier alpha value is -3.60. The van der Waals surface area contributed by atoms with Crippen LogP contribution >= 0.6 is 0 Å². The lowest BCUT2D eigenvalue weighted by atomic mass is 9.98. The number of carbonyl (C=O) groups excluding carboxylic acids is 1. The minimum atomic E-state index is -0.501. The lowest BCUT2D eigenvalue weighted by Gasteiger charge is -2.14. The fourth-order valence-corrected chi connectivity index (χ4v) is 3.88. The Morgan fingerprint density at radius 2 is 1.71 bits per heavy atom. The SMILES string of the molecule is CCOc1ccc(C=CCNC(=O)OCC2c3ccccc3-c3ccccc32)c(F)c1. The van der Waals surface area contributed by atoms with Crippen molar-refractivity contribution in [3.63, 3.8) is 0 Å². The molecule has 1 aliphatic rings. The largest absolute Gasteiger partial charge is 0.494 e. The maximum atomic E-state index is 14.1. The molecule has 0 fully saturated rings. The quantitative estimate of drug-likeness (QED) is 0.530. The van der Waals surface area contributed by atoms with E-state index in [0.717, 1.165) is 0 Å². The first kappa shape index (κ1) is 20.7. The summed E-state index contributed by atoms with van der Waals surface area (Å²) in [6, 6.07) is 21.1. The monoisotopic (exact) mass is 417 g/mol. The molecule has 1 aliphatic carbocycles. The number of fused-ring (bicyclic) bond motifs is 3. The third-order valence-corrected chi connectivity index (χ3v) is 5.29. The van der Waals surface area contributed by atoms with Crippen LogP contribution in [0, 0.1) is 5.82 Å². The maximum absolute atomic E-state index is 14.1. The Morgan fingerprint density at radius 3 is 2.35 bits per heavy atom. The van der Waals surface area contributed by atoms with Gasteiger partial charge in [-0.05, 0) is 41.3 Å². The first-order valence-electron chi connectivity index (χ1n) is 10.3. The molecular weight excluding hydrogens is 393 g/mol. The van der Waals surface area contributed by atoms with Gasteiger partial charge in [-0.1, -0.05) is 60.7 Å². The summed E-state index contributed by atoms with van der Waals surface area (Å²) in [4.78, 5) is 12.2. The molecule has 1 N–H and O–H groups in total. The van der Waals surface area contributed by atoms with E-state index in [-0.39, 0.29) is 24.9 Å². The predicted octanol–water partition coefficient (Wildman–Crippen LogP) is 5.78. The molecule has 5 heteroatoms. The van der Waals surface area contributed by atoms with Gasteiger partial charge in [0.25, 0.3) is 0 Å². The van der Waals surface area contributed by atoms with E-state index in [9.17, 15) is 9.18 Å². The Balaban J connectivity index is 1.31. The second-order valence-corrected chi connectivity index (χ2v) is 7.23. The molecule has 0 bridgehead atoms. The number of rotatable bonds is 7. The number of carbonyl (C=O) groups is 1. The Labute approximate surface area is 181 Å². The molecule has 158 valence electrons. The van der Waals surface area contributed by atoms with Gasteiger partial charge in [-0.25, -0.2) is 9.18 Å². The molecule has 3 aromatic carbocycles. The minimum absolute atomic E-state index is 0.0200. The second kappa shape index (κ2) is 9.47. The molecule has 4 rings (SSSR count). The van der Waals surface area contributed by atoms with Crippen molar-refractivity contribution in [3.8, 4) is 16.9 Å². The molecule has 0 saturated carbocycles. The number of alkyl carbamates (subject to hydrolysis) is 1. The van der Waals surface area contributed by atoms with E-state index in [0.29, 0.717) is 17.9 Å². The topological polar surface area (TPSA) is 47.6 Å². The van der Waals surface area contributed by atoms with Crippen molar-refractivity contribution >= 4 is 12.2 Å². The lowest BCUT2D eigenvalue weighted by molar-refractivity contribution is 0.144. The average Bonchev–Trinajstić information content (AvgIpc) is 3.10. The Bertz CT molecular complexity index is 1060. The van der Waals surface area contributed by atoms with Gasteiger partial charge in [-0.3, -0.25) is 0 Å². The standard InChI is InChI=1S/C26H24FNO3/c1-2-30-19-14-13-18(25(27)16-19)8-7-15-28-26(29)31-17-24-22-11-5-3-9-20(22)21-10-4-6-12-23(21)24/h3-14,16,24H,2,15,17H2,1H3,(H,28,29). The van der Waals surface area contributed by atoms with Gasteiger partial charge in [0, 0.05) is 24.1 Å². The molecule has 0 aromatic heterocycles. The first-order chi connectivity index (χ1) is 15.2. The number of amides is 1. The van der Waals surface area contributed by atoms with Gasteiger partial charge in [-0.2, -0.15) is 0 Å². The molecule has 0 radical (unpaired) electrons. The summed E-state index contributed by atoms with van der Waals surface area (Å²) in [7, 11) is 0. The fourth-order valence-electron chi connectivity index (χ4n) is 3.88. The first-order valence-corrected chi connectivity index (χ1v) is 10.3. The normalized spacial score (nSPS) is 12.5. The number of benzene rings is 3. The molecule has 31 heavy (non-hydrogen) atoms. The Kier molecular flexibility index (Phi) is 6.32. The molecule has 0 saturated heterocycles. The summed E-state index contributed by atoms with van der Waals surface area (Å²) in [5.74, 6) is 0.142. The zero-order chi connectivity index (χ0) is 21.6. The van der Waals surface area contributed by atoms with E-state index in [1.54, 1.807) is 24.3 Å². The van der Waals surface area contributed by atoms with Gasteiger partial charge >= 0.3 is 6.09 Å². The molecule has 0 aliphatic heterocycles. The molecule has 1 amide bonds. The highest BCUT2D eigenvalue weighted by molar-refractivity contribution is 5.79. The van der Waals surface area contributed by atoms with Crippen molar-refractivity contribution in [2.45, 2.75) is 12.8 Å². The fraction of sp³-hybridized carbons (Fsp3) is 0.192. The minimum Gasteiger partial charge on any atom is -0.494 e. The van der Waals surface area contributed by atoms with Gasteiger partial charge < -0.3 is 14.8 Å². The van der Waals surface area contributed by atoms with Crippen LogP contribution in [0.3, 0.4) is 0 Å². The summed E-state index contributed by atoms with van der Waals surface area (Å²) in [5.41, 5.74) is 5.14. The third-order valence-electron chi connectivity index (χ3n) is 5.29. The highest BCUT2D eigenvalue weighted by Crippen LogP contribution is 2.44. The van der Waals surface area contributed by atoms with Crippen LogP contribution in [0.2, 0.25) is 0 Å². The highest BCUT2D eigenvalue weighted by atomic mass is 19.1. The van der Waals surface area contributed by atoms with Gasteiger partial charge in [0.2, 0.25) is 0 Å². The van der Waals surface area contributed by atoms with E-state index < -0.39 is 6.09 Å². The lowest BCUT2D eigenvalue weighted by Crippen LogP contribution is -2.26. The van der Waals surface area contributed by atoms with Gasteiger partial charge in [0.1, 0.15) is 18.2 Å². The van der Waals surface area contributed by atoms with E-state index in [1.807, 2.05) is 31.2 Å². The van der Waals surface area contributed by atoms with Crippen LogP contribution < -0.4 is 10.1 Å². The van der Waals surface area contributed by atoms with E-state index in [1.165, 1.54) is 28.3 Å². The van der Waals surface area contributed by atoms with Crippen LogP contribution in [-0.4, -0.2) is 25.9 Å². The predicted molar refractivity (Wildman–Crippen MR) is 120 cm³/mol.